The van der Waals surface area contributed by atoms with E-state index in [4.69, 9.17) is 10.6 Å². The molecule has 0 aromatic carbocycles. The van der Waals surface area contributed by atoms with Crippen LogP contribution >= 0.6 is 0 Å². The minimum Gasteiger partial charge on any atom is -0.394 e. The Labute approximate surface area is 71.0 Å². The van der Waals surface area contributed by atoms with Crippen molar-refractivity contribution in [3.05, 3.63) is 30.1 Å². The number of pyridine rings is 1. The maximum absolute atomic E-state index is 5.54. The van der Waals surface area contributed by atoms with Crippen LogP contribution in [0.2, 0.25) is 0 Å². The molecule has 0 bridgehead atoms. The van der Waals surface area contributed by atoms with Gasteiger partial charge >= 0.3 is 0 Å². The molecule has 4 heteroatoms. The third-order valence-corrected chi connectivity index (χ3v) is 1.22. The molecule has 12 heavy (non-hydrogen) atoms. The van der Waals surface area contributed by atoms with E-state index < -0.39 is 0 Å². The zero-order valence-corrected chi connectivity index (χ0v) is 6.90. The van der Waals surface area contributed by atoms with Crippen molar-refractivity contribution in [2.75, 3.05) is 6.61 Å². The average Bonchev–Trinajstić information content (AvgIpc) is 2.15. The highest BCUT2D eigenvalue weighted by Crippen LogP contribution is 1.92. The van der Waals surface area contributed by atoms with E-state index >= 15 is 0 Å². The first-order valence-corrected chi connectivity index (χ1v) is 3.71. The molecule has 0 radical (unpaired) electrons. The molecule has 0 saturated heterocycles. The number of aromatic nitrogens is 1. The molecule has 1 rings (SSSR count). The summed E-state index contributed by atoms with van der Waals surface area (Å²) in [4.78, 5) is 8.77. The second-order valence-corrected chi connectivity index (χ2v) is 2.11. The molecule has 4 nitrogen and oxygen atoms in total. The lowest BCUT2D eigenvalue weighted by Crippen LogP contribution is -2.15. The number of rotatable bonds is 3. The number of nitrogens with two attached hydrogens (primary N) is 1. The lowest BCUT2D eigenvalue weighted by molar-refractivity contribution is 0.158. The van der Waals surface area contributed by atoms with E-state index in [2.05, 4.69) is 10.1 Å². The SMILES string of the molecule is CCO/N=C(\N)c1ccccn1. The van der Waals surface area contributed by atoms with Crippen molar-refractivity contribution in [2.24, 2.45) is 10.9 Å². The van der Waals surface area contributed by atoms with Crippen LogP contribution in [-0.4, -0.2) is 17.4 Å². The van der Waals surface area contributed by atoms with Crippen LogP contribution in [0.15, 0.2) is 29.6 Å². The van der Waals surface area contributed by atoms with Crippen molar-refractivity contribution in [1.82, 2.24) is 4.98 Å². The van der Waals surface area contributed by atoms with Gasteiger partial charge in [-0.05, 0) is 19.1 Å². The second-order valence-electron chi connectivity index (χ2n) is 2.11. The highest BCUT2D eigenvalue weighted by atomic mass is 16.6. The zero-order valence-electron chi connectivity index (χ0n) is 6.90. The third-order valence-electron chi connectivity index (χ3n) is 1.22. The van der Waals surface area contributed by atoms with E-state index in [1.807, 2.05) is 19.1 Å². The van der Waals surface area contributed by atoms with Crippen molar-refractivity contribution >= 4 is 5.84 Å². The summed E-state index contributed by atoms with van der Waals surface area (Å²) in [5.74, 6) is 0.303. The van der Waals surface area contributed by atoms with Gasteiger partial charge in [-0.15, -0.1) is 0 Å². The summed E-state index contributed by atoms with van der Waals surface area (Å²) in [5.41, 5.74) is 6.17. The van der Waals surface area contributed by atoms with Gasteiger partial charge in [0.1, 0.15) is 12.3 Å². The van der Waals surface area contributed by atoms with Crippen molar-refractivity contribution in [1.29, 1.82) is 0 Å². The predicted octanol–water partition coefficient (Wildman–Crippen LogP) is 0.738. The molecule has 1 aromatic heterocycles. The molecule has 0 atom stereocenters. The van der Waals surface area contributed by atoms with Gasteiger partial charge in [-0.3, -0.25) is 4.98 Å². The van der Waals surface area contributed by atoms with E-state index in [1.54, 1.807) is 12.3 Å². The Kier molecular flexibility index (Phi) is 3.07. The van der Waals surface area contributed by atoms with Crippen molar-refractivity contribution in [3.8, 4) is 0 Å². The molecule has 0 spiro atoms. The lowest BCUT2D eigenvalue weighted by Gasteiger charge is -1.97. The van der Waals surface area contributed by atoms with Crippen LogP contribution in [0.3, 0.4) is 0 Å². The fourth-order valence-electron chi connectivity index (χ4n) is 0.695. The van der Waals surface area contributed by atoms with E-state index in [0.717, 1.165) is 0 Å². The van der Waals surface area contributed by atoms with Gasteiger partial charge in [-0.1, -0.05) is 11.2 Å². The van der Waals surface area contributed by atoms with Gasteiger partial charge in [0.15, 0.2) is 5.84 Å². The monoisotopic (exact) mass is 165 g/mol. The third kappa shape index (κ3) is 2.23. The minimum absolute atomic E-state index is 0.303. The molecular weight excluding hydrogens is 154 g/mol. The first-order chi connectivity index (χ1) is 5.84. The highest BCUT2D eigenvalue weighted by molar-refractivity contribution is 5.95. The molecule has 0 aliphatic heterocycles. The molecule has 1 aromatic rings. The van der Waals surface area contributed by atoms with Gasteiger partial charge in [0.05, 0.1) is 0 Å². The number of amidine groups is 1. The number of nitrogens with zero attached hydrogens (tertiary/aromatic N) is 2. The summed E-state index contributed by atoms with van der Waals surface area (Å²) < 4.78 is 0. The van der Waals surface area contributed by atoms with Crippen LogP contribution < -0.4 is 5.73 Å². The molecule has 0 amide bonds. The van der Waals surface area contributed by atoms with Crippen LogP contribution in [0.25, 0.3) is 0 Å². The molecule has 1 heterocycles. The van der Waals surface area contributed by atoms with E-state index in [0.29, 0.717) is 18.1 Å². The Morgan fingerprint density at radius 3 is 3.08 bits per heavy atom. The molecule has 0 saturated carbocycles. The topological polar surface area (TPSA) is 60.5 Å². The van der Waals surface area contributed by atoms with Gasteiger partial charge in [-0.25, -0.2) is 0 Å². The zero-order chi connectivity index (χ0) is 8.81. The van der Waals surface area contributed by atoms with Crippen LogP contribution in [0, 0.1) is 0 Å². The van der Waals surface area contributed by atoms with E-state index in [9.17, 15) is 0 Å². The second kappa shape index (κ2) is 4.33. The van der Waals surface area contributed by atoms with Crippen LogP contribution in [0.5, 0.6) is 0 Å². The Morgan fingerprint density at radius 1 is 1.67 bits per heavy atom. The minimum atomic E-state index is 0.303. The maximum atomic E-state index is 5.54. The van der Waals surface area contributed by atoms with Gasteiger partial charge < -0.3 is 10.6 Å². The summed E-state index contributed by atoms with van der Waals surface area (Å²) >= 11 is 0. The van der Waals surface area contributed by atoms with E-state index in [-0.39, 0.29) is 0 Å². The summed E-state index contributed by atoms with van der Waals surface area (Å²) in [6.07, 6.45) is 1.66. The molecular formula is C8H11N3O. The Balaban J connectivity index is 2.71. The summed E-state index contributed by atoms with van der Waals surface area (Å²) in [5, 5.41) is 3.64. The van der Waals surface area contributed by atoms with Crippen molar-refractivity contribution in [2.45, 2.75) is 6.92 Å². The fourth-order valence-corrected chi connectivity index (χ4v) is 0.695. The summed E-state index contributed by atoms with van der Waals surface area (Å²) in [7, 11) is 0. The highest BCUT2D eigenvalue weighted by Gasteiger charge is 1.97. The first kappa shape index (κ1) is 8.52. The summed E-state index contributed by atoms with van der Waals surface area (Å²) in [6.45, 7) is 2.35. The number of hydrogen-bond acceptors (Lipinski definition) is 3. The first-order valence-electron chi connectivity index (χ1n) is 3.71. The molecule has 0 unspecified atom stereocenters. The Bertz CT molecular complexity index is 258. The van der Waals surface area contributed by atoms with Crippen molar-refractivity contribution in [3.63, 3.8) is 0 Å². The Morgan fingerprint density at radius 2 is 2.50 bits per heavy atom. The van der Waals surface area contributed by atoms with Gasteiger partial charge in [-0.2, -0.15) is 0 Å². The van der Waals surface area contributed by atoms with Gasteiger partial charge in [0, 0.05) is 6.20 Å². The van der Waals surface area contributed by atoms with Crippen LogP contribution in [-0.2, 0) is 4.84 Å². The average molecular weight is 165 g/mol. The fraction of sp³-hybridized carbons (Fsp3) is 0.250. The molecule has 0 fully saturated rings. The van der Waals surface area contributed by atoms with Gasteiger partial charge in [0.25, 0.3) is 0 Å². The summed E-state index contributed by atoms with van der Waals surface area (Å²) in [6, 6.07) is 5.44. The number of hydrogen-bond donors (Lipinski definition) is 1. The van der Waals surface area contributed by atoms with Crippen LogP contribution in [0.1, 0.15) is 12.6 Å². The van der Waals surface area contributed by atoms with Gasteiger partial charge in [0.2, 0.25) is 0 Å². The molecule has 0 aliphatic carbocycles. The molecule has 64 valence electrons. The standard InChI is InChI=1S/C8H11N3O/c1-2-12-11-8(9)7-5-3-4-6-10-7/h3-6H,2H2,1H3,(H2,9,11). The smallest absolute Gasteiger partial charge is 0.188 e. The van der Waals surface area contributed by atoms with Crippen LogP contribution in [0.4, 0.5) is 0 Å². The largest absolute Gasteiger partial charge is 0.394 e. The normalized spacial score (nSPS) is 11.2. The van der Waals surface area contributed by atoms with Crippen molar-refractivity contribution < 1.29 is 4.84 Å². The van der Waals surface area contributed by atoms with E-state index in [1.165, 1.54) is 0 Å². The predicted molar refractivity (Wildman–Crippen MR) is 46.6 cm³/mol. The molecule has 2 N–H and O–H groups in total. The quantitative estimate of drug-likeness (QED) is 0.408. The Hall–Kier alpha value is -1.58. The molecule has 0 aliphatic rings. The maximum Gasteiger partial charge on any atom is 0.188 e. The lowest BCUT2D eigenvalue weighted by atomic mass is 10.3. The number of oxime groups is 1.